The topological polar surface area (TPSA) is 293 Å². The molecule has 2 unspecified atom stereocenters. The number of aromatic nitrogens is 4. The smallest absolute Gasteiger partial charge is 0.273 e. The van der Waals surface area contributed by atoms with Crippen LogP contribution in [0.4, 0.5) is 5.82 Å². The van der Waals surface area contributed by atoms with Crippen molar-refractivity contribution in [3.63, 3.8) is 0 Å². The maximum absolute atomic E-state index is 11.6. The number of phosphoric ester groups is 1. The average molecular weight is 530 g/mol. The van der Waals surface area contributed by atoms with Crippen LogP contribution in [-0.2, 0) is 27.3 Å². The van der Waals surface area contributed by atoms with Crippen molar-refractivity contribution < 1.29 is 57.1 Å². The number of phosphoric acid groups is 1. The maximum Gasteiger partial charge on any atom is 0.273 e. The molecule has 25 heteroatoms. The van der Waals surface area contributed by atoms with Crippen LogP contribution in [0.25, 0.3) is 11.2 Å². The minimum absolute atomic E-state index is 0. The first-order chi connectivity index (χ1) is 14.2. The number of hydrogen-bond donors (Lipinski definition) is 4. The molecule has 1 fully saturated rings. The third kappa shape index (κ3) is 9.93. The summed E-state index contributed by atoms with van der Waals surface area (Å²) >= 11 is 0. The van der Waals surface area contributed by atoms with Crippen LogP contribution in [0.3, 0.4) is 0 Å². The van der Waals surface area contributed by atoms with Crippen LogP contribution in [0.15, 0.2) is 12.7 Å². The van der Waals surface area contributed by atoms with E-state index in [4.69, 9.17) is 10.5 Å². The number of fused-ring (bicyclic) bond motifs is 1. The van der Waals surface area contributed by atoms with Gasteiger partial charge in [-0.1, -0.05) is 0 Å². The number of rotatable bonds is 8. The number of nitrogens with zero attached hydrogens (tertiary/aromatic N) is 4. The summed E-state index contributed by atoms with van der Waals surface area (Å²) < 4.78 is 47.6. The van der Waals surface area contributed by atoms with E-state index in [1.807, 2.05) is 0 Å². The molecular formula is C10H13Li4N6O12P3-4. The summed E-state index contributed by atoms with van der Waals surface area (Å²) in [5.74, 6) is 0.0254. The minimum atomic E-state index is -5.89. The average Bonchev–Trinajstić information content (AvgIpc) is 3.13. The van der Waals surface area contributed by atoms with Crippen LogP contribution in [0.1, 0.15) is 6.23 Å². The Morgan fingerprint density at radius 1 is 1.06 bits per heavy atom. The summed E-state index contributed by atoms with van der Waals surface area (Å²) in [6, 6.07) is 0. The number of aliphatic hydroxyl groups excluding tert-OH is 2. The third-order valence-electron chi connectivity index (χ3n) is 3.85. The predicted molar refractivity (Wildman–Crippen MR) is 112 cm³/mol. The normalized spacial score (nSPS) is 25.2. The van der Waals surface area contributed by atoms with Crippen molar-refractivity contribution in [2.75, 3.05) is 12.3 Å². The Morgan fingerprint density at radius 2 is 1.66 bits per heavy atom. The number of anilines is 1. The molecule has 1 aliphatic heterocycles. The van der Waals surface area contributed by atoms with Gasteiger partial charge >= 0.3 is 0 Å². The van der Waals surface area contributed by atoms with Crippen LogP contribution in [0.5, 0.6) is 0 Å². The van der Waals surface area contributed by atoms with E-state index in [1.165, 1.54) is 10.9 Å². The largest absolute Gasteiger partial charge is 0.799 e. The van der Waals surface area contributed by atoms with Crippen molar-refractivity contribution in [1.29, 1.82) is 0 Å². The first-order valence-electron chi connectivity index (χ1n) is 7.93. The molecule has 35 heavy (non-hydrogen) atoms. The summed E-state index contributed by atoms with van der Waals surface area (Å²) in [4.78, 5) is 55.8. The number of ether oxygens (including phenoxy) is 1. The second kappa shape index (κ2) is 14.4. The van der Waals surface area contributed by atoms with E-state index in [0.29, 0.717) is 4.86 Å². The van der Waals surface area contributed by atoms with Crippen molar-refractivity contribution >= 4 is 116 Å². The third-order valence-corrected chi connectivity index (χ3v) is 7.93. The molecule has 3 rings (SSSR count). The molecule has 3 heterocycles. The number of aliphatic hydroxyl groups is 2. The fraction of sp³-hybridized carbons (Fsp3) is 0.500. The molecular weight excluding hydrogens is 517 g/mol. The van der Waals surface area contributed by atoms with E-state index in [9.17, 15) is 43.5 Å². The molecule has 18 nitrogen and oxygen atoms in total. The van der Waals surface area contributed by atoms with Gasteiger partial charge in [0.1, 0.15) is 30.2 Å². The van der Waals surface area contributed by atoms with Gasteiger partial charge in [0.25, 0.3) is 7.82 Å². The number of nitrogens with one attached hydrogen (secondary N) is 1. The van der Waals surface area contributed by atoms with Crippen molar-refractivity contribution in [3.8, 4) is 0 Å². The SMILES string of the molecule is Nc1ncnc2c1ncn2[C@@H]1O[C@H](COP(=O)([O-])OP(=O)([O-])NP(=O)([O-])[O-])[C@@H](O)[C@H]1O.[Li].[Li].[Li].[Li]. The second-order valence-electron chi connectivity index (χ2n) is 6.05. The van der Waals surface area contributed by atoms with Gasteiger partial charge in [0, 0.05) is 83.2 Å². The first kappa shape index (κ1) is 38.2. The van der Waals surface area contributed by atoms with E-state index >= 15 is 0 Å². The quantitative estimate of drug-likeness (QED) is 0.182. The second-order valence-corrected chi connectivity index (χ2v) is 10.6. The Morgan fingerprint density at radius 3 is 2.23 bits per heavy atom. The molecule has 6 atom stereocenters. The van der Waals surface area contributed by atoms with Gasteiger partial charge in [0.05, 0.1) is 12.9 Å². The van der Waals surface area contributed by atoms with Gasteiger partial charge in [0.2, 0.25) is 7.75 Å². The Hall–Kier alpha value is 1.03. The molecule has 0 amide bonds. The van der Waals surface area contributed by atoms with Crippen molar-refractivity contribution in [3.05, 3.63) is 12.7 Å². The molecule has 0 aliphatic carbocycles. The molecule has 4 radical (unpaired) electrons. The molecule has 178 valence electrons. The Kier molecular flexibility index (Phi) is 15.7. The Labute approximate surface area is 245 Å². The van der Waals surface area contributed by atoms with Crippen LogP contribution in [-0.4, -0.2) is 130 Å². The van der Waals surface area contributed by atoms with Crippen molar-refractivity contribution in [2.45, 2.75) is 24.5 Å². The molecule has 0 spiro atoms. The molecule has 2 aromatic rings. The van der Waals surface area contributed by atoms with Gasteiger partial charge in [-0.15, -0.1) is 0 Å². The minimum Gasteiger partial charge on any atom is -0.799 e. The van der Waals surface area contributed by atoms with Crippen LogP contribution in [0.2, 0.25) is 0 Å². The molecule has 1 aliphatic rings. The number of imidazole rings is 1. The first-order valence-corrected chi connectivity index (χ1v) is 12.5. The van der Waals surface area contributed by atoms with Crippen LogP contribution in [0, 0.1) is 0 Å². The number of nitrogens with two attached hydrogens (primary N) is 1. The van der Waals surface area contributed by atoms with Gasteiger partial charge in [-0.05, 0) is 0 Å². The van der Waals surface area contributed by atoms with Gasteiger partial charge in [0.15, 0.2) is 17.7 Å². The van der Waals surface area contributed by atoms with Crippen LogP contribution >= 0.6 is 23.3 Å². The van der Waals surface area contributed by atoms with Crippen molar-refractivity contribution in [1.82, 2.24) is 24.4 Å². The maximum atomic E-state index is 11.6. The summed E-state index contributed by atoms with van der Waals surface area (Å²) in [6.45, 7) is -1.05. The summed E-state index contributed by atoms with van der Waals surface area (Å²) in [5.41, 5.74) is 5.94. The zero-order valence-corrected chi connectivity index (χ0v) is 21.5. The Bertz CT molecular complexity index is 1120. The van der Waals surface area contributed by atoms with Gasteiger partial charge in [-0.3, -0.25) is 18.0 Å². The zero-order chi connectivity index (χ0) is 23.2. The molecule has 0 aromatic carbocycles. The van der Waals surface area contributed by atoms with E-state index in [2.05, 4.69) is 23.8 Å². The fourth-order valence-electron chi connectivity index (χ4n) is 2.64. The van der Waals surface area contributed by atoms with E-state index in [1.54, 1.807) is 0 Å². The molecule has 1 saturated heterocycles. The van der Waals surface area contributed by atoms with E-state index < -0.39 is 54.5 Å². The summed E-state index contributed by atoms with van der Waals surface area (Å²) in [5, 5.41) is 20.3. The monoisotopic (exact) mass is 530 g/mol. The zero-order valence-electron chi connectivity index (χ0n) is 18.9. The van der Waals surface area contributed by atoms with Gasteiger partial charge in [-0.2, -0.15) is 0 Å². The summed E-state index contributed by atoms with van der Waals surface area (Å²) in [7, 11) is -17.5. The molecule has 0 bridgehead atoms. The fourth-order valence-corrected chi connectivity index (χ4v) is 5.89. The Balaban J connectivity index is 0. The van der Waals surface area contributed by atoms with E-state index in [0.717, 1.165) is 6.33 Å². The number of nitrogen functional groups attached to an aromatic ring is 1. The standard InChI is InChI=1S/C10H17N6O12P3.4Li/c11-8-5-9(13-2-12-8)16(3-14-5)10-7(18)6(17)4(27-10)1-26-31(24,25)28-30(22,23)15-29(19,20)21;;;;/h2-4,6-7,10,17-18H,1H2,(H,24,25)(H2,11,12,13)(H4,15,19,20,21,22,23);;;;/p-4/t4-,6-,7-,10-;;;;/m1..../s1. The van der Waals surface area contributed by atoms with Crippen molar-refractivity contribution in [2.24, 2.45) is 0 Å². The molecule has 0 saturated carbocycles. The number of hydrogen-bond acceptors (Lipinski definition) is 16. The van der Waals surface area contributed by atoms with E-state index in [-0.39, 0.29) is 92.4 Å². The molecule has 2 aromatic heterocycles. The molecule has 5 N–H and O–H groups in total. The predicted octanol–water partition coefficient (Wildman–Crippen LogP) is -6.11. The summed E-state index contributed by atoms with van der Waals surface area (Å²) in [6.07, 6.45) is -3.92. The van der Waals surface area contributed by atoms with Gasteiger partial charge in [-0.25, -0.2) is 19.8 Å². The van der Waals surface area contributed by atoms with Gasteiger partial charge < -0.3 is 49.3 Å². The van der Waals surface area contributed by atoms with Crippen LogP contribution < -0.4 is 30.2 Å².